The quantitative estimate of drug-likeness (QED) is 0.131. The molecule has 0 radical (unpaired) electrons. The molecule has 0 heterocycles. The SMILES string of the molecule is O=C(OCCCC/C(I)=C\C(F)(F)C(F)(F)C(F)(F)C(F)(F)F)c1ccc(Cl)cc1. The van der Waals surface area contributed by atoms with E-state index in [0.29, 0.717) is 5.02 Å². The Morgan fingerprint density at radius 2 is 1.47 bits per heavy atom. The summed E-state index contributed by atoms with van der Waals surface area (Å²) in [5.74, 6) is -20.0. The number of rotatable bonds is 9. The Bertz CT molecular complexity index is 761. The molecule has 30 heavy (non-hydrogen) atoms. The van der Waals surface area contributed by atoms with Crippen LogP contribution in [0.2, 0.25) is 5.02 Å². The lowest BCUT2D eigenvalue weighted by atomic mass is 10.0. The van der Waals surface area contributed by atoms with E-state index in [4.69, 9.17) is 16.3 Å². The van der Waals surface area contributed by atoms with Crippen molar-refractivity contribution in [2.75, 3.05) is 6.61 Å². The molecule has 1 aromatic carbocycles. The molecule has 0 spiro atoms. The number of unbranched alkanes of at least 4 members (excludes halogenated alkanes) is 1. The fourth-order valence-electron chi connectivity index (χ4n) is 1.98. The van der Waals surface area contributed by atoms with Gasteiger partial charge in [0.2, 0.25) is 0 Å². The minimum atomic E-state index is -6.92. The minimum Gasteiger partial charge on any atom is -0.462 e. The number of alkyl halides is 9. The maximum absolute atomic E-state index is 13.5. The van der Waals surface area contributed by atoms with Crippen molar-refractivity contribution >= 4 is 40.2 Å². The van der Waals surface area contributed by atoms with E-state index < -0.39 is 39.6 Å². The van der Waals surface area contributed by atoms with Crippen molar-refractivity contribution in [3.05, 3.63) is 44.5 Å². The molecule has 170 valence electrons. The largest absolute Gasteiger partial charge is 0.462 e. The van der Waals surface area contributed by atoms with E-state index in [1.165, 1.54) is 24.3 Å². The van der Waals surface area contributed by atoms with E-state index in [9.17, 15) is 44.3 Å². The maximum atomic E-state index is 13.5. The number of carbonyl (C=O) groups excluding carboxylic acids is 1. The average Bonchev–Trinajstić information content (AvgIpc) is 2.60. The summed E-state index contributed by atoms with van der Waals surface area (Å²) in [6.45, 7) is -0.163. The summed E-state index contributed by atoms with van der Waals surface area (Å²) in [6.07, 6.45) is -7.69. The smallest absolute Gasteiger partial charge is 0.460 e. The van der Waals surface area contributed by atoms with Crippen LogP contribution in [0.1, 0.15) is 29.6 Å². The summed E-state index contributed by atoms with van der Waals surface area (Å²) in [4.78, 5) is 11.7. The topological polar surface area (TPSA) is 26.3 Å². The molecule has 0 aliphatic carbocycles. The zero-order valence-corrected chi connectivity index (χ0v) is 17.6. The first-order chi connectivity index (χ1) is 13.5. The van der Waals surface area contributed by atoms with Crippen molar-refractivity contribution in [3.63, 3.8) is 0 Å². The number of allylic oxidation sites excluding steroid dienone is 2. The second kappa shape index (κ2) is 9.96. The molecular weight excluding hydrogens is 570 g/mol. The lowest BCUT2D eigenvalue weighted by molar-refractivity contribution is -0.388. The van der Waals surface area contributed by atoms with Gasteiger partial charge in [-0.2, -0.15) is 39.5 Å². The second-order valence-corrected chi connectivity index (χ2v) is 7.78. The van der Waals surface area contributed by atoms with Gasteiger partial charge in [-0.05, 0) is 69.7 Å². The monoisotopic (exact) mass is 582 g/mol. The molecule has 1 aromatic rings. The average molecular weight is 583 g/mol. The number of esters is 1. The number of ether oxygens (including phenoxy) is 1. The molecule has 0 atom stereocenters. The summed E-state index contributed by atoms with van der Waals surface area (Å²) in [6, 6.07) is 5.69. The number of benzene rings is 1. The Morgan fingerprint density at radius 3 is 1.97 bits per heavy atom. The molecular formula is C17H13ClF9IO2. The van der Waals surface area contributed by atoms with Crippen LogP contribution in [0.25, 0.3) is 0 Å². The van der Waals surface area contributed by atoms with Crippen molar-refractivity contribution in [2.45, 2.75) is 43.2 Å². The van der Waals surface area contributed by atoms with Crippen LogP contribution in [0, 0.1) is 0 Å². The predicted octanol–water partition coefficient (Wildman–Crippen LogP) is 7.45. The van der Waals surface area contributed by atoms with Gasteiger partial charge in [0, 0.05) is 11.1 Å². The van der Waals surface area contributed by atoms with Gasteiger partial charge in [0.05, 0.1) is 12.2 Å². The molecule has 13 heteroatoms. The maximum Gasteiger partial charge on any atom is 0.460 e. The van der Waals surface area contributed by atoms with Crippen molar-refractivity contribution in [1.82, 2.24) is 0 Å². The molecule has 1 rings (SSSR count). The standard InChI is InChI=1S/C17H13ClF9IO2/c18-11-6-4-10(5-7-11)13(29)30-8-2-1-3-12(28)9-14(19,20)15(21,22)16(23,24)17(25,26)27/h4-7,9H,1-3,8H2/b12-9+. The zero-order valence-electron chi connectivity index (χ0n) is 14.7. The molecule has 0 saturated heterocycles. The van der Waals surface area contributed by atoms with E-state index in [-0.39, 0.29) is 31.4 Å². The van der Waals surface area contributed by atoms with Crippen molar-refractivity contribution < 1.29 is 49.0 Å². The third kappa shape index (κ3) is 6.41. The van der Waals surface area contributed by atoms with Gasteiger partial charge in [0.1, 0.15) is 0 Å². The van der Waals surface area contributed by atoms with Crippen LogP contribution in [0.5, 0.6) is 0 Å². The Balaban J connectivity index is 2.60. The van der Waals surface area contributed by atoms with Crippen LogP contribution < -0.4 is 0 Å². The molecule has 0 amide bonds. The van der Waals surface area contributed by atoms with E-state index in [2.05, 4.69) is 0 Å². The lowest BCUT2D eigenvalue weighted by Crippen LogP contribution is -2.60. The molecule has 0 aliphatic rings. The fraction of sp³-hybridized carbons (Fsp3) is 0.471. The Labute approximate surface area is 183 Å². The highest BCUT2D eigenvalue weighted by Gasteiger charge is 2.81. The molecule has 2 nitrogen and oxygen atoms in total. The Kier molecular flexibility index (Phi) is 8.92. The molecule has 0 fully saturated rings. The van der Waals surface area contributed by atoms with E-state index in [0.717, 1.165) is 22.6 Å². The molecule has 0 aromatic heterocycles. The van der Waals surface area contributed by atoms with Gasteiger partial charge in [-0.15, -0.1) is 0 Å². The van der Waals surface area contributed by atoms with Gasteiger partial charge in [-0.25, -0.2) is 4.79 Å². The van der Waals surface area contributed by atoms with Crippen LogP contribution in [0.3, 0.4) is 0 Å². The first-order valence-electron chi connectivity index (χ1n) is 8.03. The van der Waals surface area contributed by atoms with Crippen LogP contribution in [-0.2, 0) is 4.74 Å². The van der Waals surface area contributed by atoms with Gasteiger partial charge >= 0.3 is 29.9 Å². The zero-order chi connectivity index (χ0) is 23.4. The summed E-state index contributed by atoms with van der Waals surface area (Å²) in [5, 5.41) is 0.392. The number of hydrogen-bond donors (Lipinski definition) is 0. The van der Waals surface area contributed by atoms with Crippen molar-refractivity contribution in [1.29, 1.82) is 0 Å². The molecule has 0 aliphatic heterocycles. The third-order valence-electron chi connectivity index (χ3n) is 3.63. The van der Waals surface area contributed by atoms with Gasteiger partial charge in [-0.3, -0.25) is 0 Å². The number of hydrogen-bond acceptors (Lipinski definition) is 2. The highest BCUT2D eigenvalue weighted by atomic mass is 127. The van der Waals surface area contributed by atoms with E-state index >= 15 is 0 Å². The molecule has 0 saturated carbocycles. The number of carbonyl (C=O) groups is 1. The van der Waals surface area contributed by atoms with Gasteiger partial charge in [0.15, 0.2) is 0 Å². The lowest BCUT2D eigenvalue weighted by Gasteiger charge is -2.32. The predicted molar refractivity (Wildman–Crippen MR) is 98.6 cm³/mol. The van der Waals surface area contributed by atoms with Crippen LogP contribution in [0.4, 0.5) is 39.5 Å². The first-order valence-corrected chi connectivity index (χ1v) is 9.48. The summed E-state index contributed by atoms with van der Waals surface area (Å²) in [5.41, 5.74) is 0.196. The number of halogens is 11. The molecule has 0 unspecified atom stereocenters. The molecule has 0 bridgehead atoms. The second-order valence-electron chi connectivity index (χ2n) is 5.96. The van der Waals surface area contributed by atoms with Gasteiger partial charge in [0.25, 0.3) is 0 Å². The fourth-order valence-corrected chi connectivity index (χ4v) is 2.88. The van der Waals surface area contributed by atoms with Gasteiger partial charge < -0.3 is 4.74 Å². The summed E-state index contributed by atoms with van der Waals surface area (Å²) < 4.78 is 120. The molecule has 0 N–H and O–H groups in total. The van der Waals surface area contributed by atoms with Gasteiger partial charge in [-0.1, -0.05) is 11.6 Å². The van der Waals surface area contributed by atoms with Crippen molar-refractivity contribution in [3.8, 4) is 0 Å². The highest BCUT2D eigenvalue weighted by Crippen LogP contribution is 2.53. The normalized spacial score (nSPS) is 14.0. The highest BCUT2D eigenvalue weighted by molar-refractivity contribution is 14.1. The van der Waals surface area contributed by atoms with Crippen LogP contribution in [0.15, 0.2) is 33.9 Å². The Hall–Kier alpha value is -1.18. The third-order valence-corrected chi connectivity index (χ3v) is 4.73. The first kappa shape index (κ1) is 26.9. The summed E-state index contributed by atoms with van der Waals surface area (Å²) >= 11 is 6.79. The van der Waals surface area contributed by atoms with Crippen LogP contribution in [-0.4, -0.2) is 36.5 Å². The van der Waals surface area contributed by atoms with E-state index in [1.54, 1.807) is 0 Å². The summed E-state index contributed by atoms with van der Waals surface area (Å²) in [7, 11) is 0. The Morgan fingerprint density at radius 1 is 0.933 bits per heavy atom. The minimum absolute atomic E-state index is 0.0139. The van der Waals surface area contributed by atoms with Crippen molar-refractivity contribution in [2.24, 2.45) is 0 Å². The van der Waals surface area contributed by atoms with Crippen LogP contribution >= 0.6 is 34.2 Å². The van der Waals surface area contributed by atoms with E-state index in [1.807, 2.05) is 0 Å².